The minimum Gasteiger partial charge on any atom is -0.357 e. The number of nitrogens with one attached hydrogen (secondary N) is 2. The summed E-state index contributed by atoms with van der Waals surface area (Å²) in [4.78, 5) is 7.82. The molecule has 6 heteroatoms. The highest BCUT2D eigenvalue weighted by molar-refractivity contribution is 14.0. The summed E-state index contributed by atoms with van der Waals surface area (Å²) >= 11 is 2.11. The van der Waals surface area contributed by atoms with E-state index in [1.165, 1.54) is 76.0 Å². The van der Waals surface area contributed by atoms with Gasteiger partial charge >= 0.3 is 0 Å². The van der Waals surface area contributed by atoms with Crippen molar-refractivity contribution in [3.05, 3.63) is 0 Å². The molecule has 2 saturated carbocycles. The van der Waals surface area contributed by atoms with Crippen molar-refractivity contribution >= 4 is 41.7 Å². The highest BCUT2D eigenvalue weighted by Gasteiger charge is 2.39. The quantitative estimate of drug-likeness (QED) is 0.370. The van der Waals surface area contributed by atoms with Crippen molar-refractivity contribution in [2.45, 2.75) is 69.9 Å². The van der Waals surface area contributed by atoms with Crippen molar-refractivity contribution in [3.8, 4) is 0 Å². The molecular weight excluding hydrogens is 431 g/mol. The van der Waals surface area contributed by atoms with E-state index < -0.39 is 0 Å². The molecule has 3 rings (SSSR count). The molecule has 0 radical (unpaired) electrons. The fourth-order valence-corrected chi connectivity index (χ4v) is 5.36. The Morgan fingerprint density at radius 1 is 1.12 bits per heavy atom. The highest BCUT2D eigenvalue weighted by atomic mass is 127. The fraction of sp³-hybridized carbons (Fsp3) is 0.944. The zero-order valence-corrected chi connectivity index (χ0v) is 18.3. The molecule has 2 N–H and O–H groups in total. The van der Waals surface area contributed by atoms with Gasteiger partial charge in [-0.25, -0.2) is 0 Å². The average Bonchev–Trinajstić information content (AvgIpc) is 3.26. The second kappa shape index (κ2) is 10.5. The van der Waals surface area contributed by atoms with E-state index in [1.807, 2.05) is 0 Å². The fourth-order valence-electron chi connectivity index (χ4n) is 4.45. The second-order valence-electron chi connectivity index (χ2n) is 7.35. The van der Waals surface area contributed by atoms with Crippen LogP contribution in [-0.4, -0.2) is 60.1 Å². The molecule has 0 spiro atoms. The van der Waals surface area contributed by atoms with Crippen LogP contribution in [0.3, 0.4) is 0 Å². The number of hydrogen-bond donors (Lipinski definition) is 2. The van der Waals surface area contributed by atoms with Crippen LogP contribution in [0, 0.1) is 0 Å². The molecular formula is C18H35IN4S. The Kier molecular flexibility index (Phi) is 8.98. The summed E-state index contributed by atoms with van der Waals surface area (Å²) in [5.74, 6) is 3.65. The van der Waals surface area contributed by atoms with E-state index in [9.17, 15) is 0 Å². The van der Waals surface area contributed by atoms with Crippen molar-refractivity contribution in [2.24, 2.45) is 4.99 Å². The second-order valence-corrected chi connectivity index (χ2v) is 8.58. The largest absolute Gasteiger partial charge is 0.357 e. The van der Waals surface area contributed by atoms with Gasteiger partial charge < -0.3 is 10.6 Å². The first-order chi connectivity index (χ1) is 11.3. The maximum Gasteiger partial charge on any atom is 0.191 e. The van der Waals surface area contributed by atoms with E-state index in [-0.39, 0.29) is 24.0 Å². The van der Waals surface area contributed by atoms with Crippen molar-refractivity contribution in [3.63, 3.8) is 0 Å². The zero-order valence-electron chi connectivity index (χ0n) is 15.2. The molecule has 1 aliphatic heterocycles. The molecule has 4 nitrogen and oxygen atoms in total. The molecule has 0 aromatic carbocycles. The highest BCUT2D eigenvalue weighted by Crippen LogP contribution is 2.37. The first-order valence-electron chi connectivity index (χ1n) is 9.70. The van der Waals surface area contributed by atoms with Gasteiger partial charge in [0.05, 0.1) is 6.54 Å². The number of rotatable bonds is 5. The Bertz CT molecular complexity index is 386. The summed E-state index contributed by atoms with van der Waals surface area (Å²) in [5, 5.41) is 7.15. The first kappa shape index (κ1) is 20.6. The van der Waals surface area contributed by atoms with Crippen LogP contribution < -0.4 is 10.6 Å². The maximum atomic E-state index is 5.05. The zero-order chi connectivity index (χ0) is 16.0. The lowest BCUT2D eigenvalue weighted by Gasteiger charge is -2.42. The van der Waals surface area contributed by atoms with Gasteiger partial charge in [0.15, 0.2) is 5.96 Å². The average molecular weight is 466 g/mol. The van der Waals surface area contributed by atoms with Gasteiger partial charge in [0.2, 0.25) is 0 Å². The summed E-state index contributed by atoms with van der Waals surface area (Å²) in [5.41, 5.74) is 0.346. The van der Waals surface area contributed by atoms with Gasteiger partial charge in [-0.05, 0) is 32.6 Å². The third-order valence-electron chi connectivity index (χ3n) is 5.79. The molecule has 1 saturated heterocycles. The van der Waals surface area contributed by atoms with E-state index in [1.54, 1.807) is 0 Å². The molecule has 0 aromatic rings. The molecule has 140 valence electrons. The maximum absolute atomic E-state index is 5.05. The van der Waals surface area contributed by atoms with E-state index in [0.29, 0.717) is 11.6 Å². The number of aliphatic imine (C=N–C) groups is 1. The molecule has 1 heterocycles. The summed E-state index contributed by atoms with van der Waals surface area (Å²) in [6.45, 7) is 6.60. The van der Waals surface area contributed by atoms with E-state index in [4.69, 9.17) is 4.99 Å². The third kappa shape index (κ3) is 5.40. The summed E-state index contributed by atoms with van der Waals surface area (Å²) in [6.07, 6.45) is 10.8. The Morgan fingerprint density at radius 3 is 2.42 bits per heavy atom. The van der Waals surface area contributed by atoms with Gasteiger partial charge in [0.25, 0.3) is 0 Å². The van der Waals surface area contributed by atoms with Gasteiger partial charge in [-0.1, -0.05) is 25.7 Å². The first-order valence-corrected chi connectivity index (χ1v) is 10.9. The SMILES string of the molecule is CCNC(=NCC1(N2CCSCC2)CCCC1)NC1CCCC1.I. The predicted octanol–water partition coefficient (Wildman–Crippen LogP) is 3.46. The van der Waals surface area contributed by atoms with Gasteiger partial charge in [0, 0.05) is 42.7 Å². The Hall–Kier alpha value is 0.310. The molecule has 0 atom stereocenters. The smallest absolute Gasteiger partial charge is 0.191 e. The Balaban J connectivity index is 0.00000208. The van der Waals surface area contributed by atoms with Crippen LogP contribution in [0.1, 0.15) is 58.3 Å². The molecule has 0 amide bonds. The van der Waals surface area contributed by atoms with Crippen molar-refractivity contribution in [1.29, 1.82) is 0 Å². The minimum absolute atomic E-state index is 0. The Morgan fingerprint density at radius 2 is 1.79 bits per heavy atom. The van der Waals surface area contributed by atoms with E-state index >= 15 is 0 Å². The summed E-state index contributed by atoms with van der Waals surface area (Å²) in [6, 6.07) is 0.638. The number of hydrogen-bond acceptors (Lipinski definition) is 3. The van der Waals surface area contributed by atoms with Gasteiger partial charge in [0.1, 0.15) is 0 Å². The standard InChI is InChI=1S/C18H34N4S.HI/c1-2-19-17(21-16-7-3-4-8-16)20-15-18(9-5-6-10-18)22-11-13-23-14-12-22;/h16H,2-15H2,1H3,(H2,19,20,21);1H. The Labute approximate surface area is 169 Å². The lowest BCUT2D eigenvalue weighted by molar-refractivity contribution is 0.112. The molecule has 3 fully saturated rings. The van der Waals surface area contributed by atoms with Gasteiger partial charge in [-0.2, -0.15) is 11.8 Å². The molecule has 2 aliphatic carbocycles. The van der Waals surface area contributed by atoms with E-state index in [0.717, 1.165) is 19.0 Å². The lowest BCUT2D eigenvalue weighted by atomic mass is 9.95. The van der Waals surface area contributed by atoms with Crippen LogP contribution in [0.5, 0.6) is 0 Å². The van der Waals surface area contributed by atoms with E-state index in [2.05, 4.69) is 34.2 Å². The molecule has 0 aromatic heterocycles. The van der Waals surface area contributed by atoms with Crippen LogP contribution >= 0.6 is 35.7 Å². The molecule has 0 bridgehead atoms. The third-order valence-corrected chi connectivity index (χ3v) is 6.73. The summed E-state index contributed by atoms with van der Waals surface area (Å²) < 4.78 is 0. The van der Waals surface area contributed by atoms with Crippen LogP contribution in [-0.2, 0) is 0 Å². The lowest BCUT2D eigenvalue weighted by Crippen LogP contribution is -2.53. The number of nitrogens with zero attached hydrogens (tertiary/aromatic N) is 2. The van der Waals surface area contributed by atoms with Crippen molar-refractivity contribution in [2.75, 3.05) is 37.7 Å². The van der Waals surface area contributed by atoms with Crippen molar-refractivity contribution in [1.82, 2.24) is 15.5 Å². The van der Waals surface area contributed by atoms with Crippen LogP contribution in [0.2, 0.25) is 0 Å². The van der Waals surface area contributed by atoms with Gasteiger partial charge in [-0.15, -0.1) is 24.0 Å². The monoisotopic (exact) mass is 466 g/mol. The molecule has 0 unspecified atom stereocenters. The molecule has 3 aliphatic rings. The van der Waals surface area contributed by atoms with Gasteiger partial charge in [-0.3, -0.25) is 9.89 Å². The topological polar surface area (TPSA) is 39.7 Å². The number of guanidine groups is 1. The number of thioether (sulfide) groups is 1. The molecule has 24 heavy (non-hydrogen) atoms. The van der Waals surface area contributed by atoms with Crippen LogP contribution in [0.15, 0.2) is 4.99 Å². The summed E-state index contributed by atoms with van der Waals surface area (Å²) in [7, 11) is 0. The normalized spacial score (nSPS) is 25.5. The predicted molar refractivity (Wildman–Crippen MR) is 117 cm³/mol. The minimum atomic E-state index is 0. The number of halogens is 1. The van der Waals surface area contributed by atoms with Crippen molar-refractivity contribution < 1.29 is 0 Å². The van der Waals surface area contributed by atoms with Crippen LogP contribution in [0.4, 0.5) is 0 Å². The van der Waals surface area contributed by atoms with Crippen LogP contribution in [0.25, 0.3) is 0 Å².